The number of carbonyl (C=O) groups excluding carboxylic acids is 1. The molecule has 30 heavy (non-hydrogen) atoms. The first-order chi connectivity index (χ1) is 14.6. The Morgan fingerprint density at radius 1 is 0.933 bits per heavy atom. The van der Waals surface area contributed by atoms with Gasteiger partial charge in [0.2, 0.25) is 0 Å². The van der Waals surface area contributed by atoms with Crippen LogP contribution >= 0.6 is 15.9 Å². The number of anilines is 2. The number of ether oxygens (including phenoxy) is 2. The fourth-order valence-electron chi connectivity index (χ4n) is 2.87. The highest BCUT2D eigenvalue weighted by molar-refractivity contribution is 9.10. The van der Waals surface area contributed by atoms with Crippen LogP contribution in [0.5, 0.6) is 17.2 Å². The van der Waals surface area contributed by atoms with E-state index in [1.807, 2.05) is 36.4 Å². The summed E-state index contributed by atoms with van der Waals surface area (Å²) in [6.07, 6.45) is 1.40. The first-order valence-electron chi connectivity index (χ1n) is 9.01. The normalized spacial score (nSPS) is 10.5. The number of hydrogen-bond donors (Lipinski definition) is 2. The predicted molar refractivity (Wildman–Crippen MR) is 119 cm³/mol. The molecule has 0 saturated heterocycles. The number of methoxy groups -OCH3 is 1. The Kier molecular flexibility index (Phi) is 5.76. The van der Waals surface area contributed by atoms with E-state index >= 15 is 0 Å². The van der Waals surface area contributed by atoms with Gasteiger partial charge in [-0.2, -0.15) is 0 Å². The molecular formula is C22H17BrN4O3. The lowest BCUT2D eigenvalue weighted by molar-refractivity contribution is 0.262. The standard InChI is InChI=1S/C22H17BrN4O3/c1-29-16-8-10-17(11-9-16)30-19-7-3-6-18-20(19)21(25-13-24-18)27-22(28)26-15-5-2-4-14(23)12-15/h2-13H,1H3,(H2,24,25,26,27,28). The summed E-state index contributed by atoms with van der Waals surface area (Å²) in [6, 6.07) is 19.6. The van der Waals surface area contributed by atoms with E-state index in [4.69, 9.17) is 9.47 Å². The number of fused-ring (bicyclic) bond motifs is 1. The van der Waals surface area contributed by atoms with Crippen LogP contribution in [0.1, 0.15) is 0 Å². The monoisotopic (exact) mass is 464 g/mol. The van der Waals surface area contributed by atoms with Crippen molar-refractivity contribution in [3.63, 3.8) is 0 Å². The number of urea groups is 1. The zero-order chi connectivity index (χ0) is 20.9. The lowest BCUT2D eigenvalue weighted by atomic mass is 10.2. The molecule has 7 nitrogen and oxygen atoms in total. The Bertz CT molecular complexity index is 1190. The van der Waals surface area contributed by atoms with E-state index in [2.05, 4.69) is 36.5 Å². The molecule has 1 heterocycles. The number of amides is 2. The Morgan fingerprint density at radius 2 is 1.70 bits per heavy atom. The highest BCUT2D eigenvalue weighted by Gasteiger charge is 2.13. The summed E-state index contributed by atoms with van der Waals surface area (Å²) < 4.78 is 12.1. The van der Waals surface area contributed by atoms with Crippen molar-refractivity contribution in [1.82, 2.24) is 9.97 Å². The zero-order valence-corrected chi connectivity index (χ0v) is 17.5. The van der Waals surface area contributed by atoms with E-state index in [1.54, 1.807) is 37.4 Å². The van der Waals surface area contributed by atoms with Gasteiger partial charge in [-0.05, 0) is 54.6 Å². The van der Waals surface area contributed by atoms with E-state index in [0.29, 0.717) is 33.9 Å². The number of aromatic nitrogens is 2. The second-order valence-electron chi connectivity index (χ2n) is 6.24. The molecule has 0 unspecified atom stereocenters. The van der Waals surface area contributed by atoms with Crippen LogP contribution in [0.25, 0.3) is 10.9 Å². The third-order valence-corrected chi connectivity index (χ3v) is 4.72. The van der Waals surface area contributed by atoms with Gasteiger partial charge in [0.25, 0.3) is 0 Å². The van der Waals surface area contributed by atoms with Gasteiger partial charge in [0.05, 0.1) is 18.0 Å². The van der Waals surface area contributed by atoms with Crippen LogP contribution in [0.2, 0.25) is 0 Å². The van der Waals surface area contributed by atoms with Crippen LogP contribution < -0.4 is 20.1 Å². The lowest BCUT2D eigenvalue weighted by Crippen LogP contribution is -2.20. The molecule has 2 amide bonds. The van der Waals surface area contributed by atoms with Crippen molar-refractivity contribution in [2.45, 2.75) is 0 Å². The predicted octanol–water partition coefficient (Wildman–Crippen LogP) is 5.84. The number of carbonyl (C=O) groups is 1. The Morgan fingerprint density at radius 3 is 2.47 bits per heavy atom. The fraction of sp³-hybridized carbons (Fsp3) is 0.0455. The first-order valence-corrected chi connectivity index (χ1v) is 9.81. The summed E-state index contributed by atoms with van der Waals surface area (Å²) in [4.78, 5) is 21.1. The second kappa shape index (κ2) is 8.79. The Balaban J connectivity index is 1.62. The van der Waals surface area contributed by atoms with Gasteiger partial charge in [-0.15, -0.1) is 0 Å². The average Bonchev–Trinajstić information content (AvgIpc) is 2.74. The van der Waals surface area contributed by atoms with Crippen molar-refractivity contribution in [3.8, 4) is 17.2 Å². The number of hydrogen-bond acceptors (Lipinski definition) is 5. The minimum atomic E-state index is -0.424. The van der Waals surface area contributed by atoms with E-state index in [0.717, 1.165) is 10.2 Å². The van der Waals surface area contributed by atoms with Crippen LogP contribution in [0.3, 0.4) is 0 Å². The number of rotatable bonds is 5. The van der Waals surface area contributed by atoms with Crippen molar-refractivity contribution in [3.05, 3.63) is 77.5 Å². The number of benzene rings is 3. The van der Waals surface area contributed by atoms with E-state index < -0.39 is 6.03 Å². The number of nitrogens with zero attached hydrogens (tertiary/aromatic N) is 2. The van der Waals surface area contributed by atoms with Crippen molar-refractivity contribution in [2.75, 3.05) is 17.7 Å². The van der Waals surface area contributed by atoms with Crippen LogP contribution in [-0.4, -0.2) is 23.1 Å². The van der Waals surface area contributed by atoms with Gasteiger partial charge in [-0.1, -0.05) is 28.1 Å². The summed E-state index contributed by atoms with van der Waals surface area (Å²) in [5, 5.41) is 6.16. The van der Waals surface area contributed by atoms with Gasteiger partial charge in [0.1, 0.15) is 29.4 Å². The van der Waals surface area contributed by atoms with E-state index in [9.17, 15) is 4.79 Å². The molecule has 4 rings (SSSR count). The fourth-order valence-corrected chi connectivity index (χ4v) is 3.26. The van der Waals surface area contributed by atoms with Crippen molar-refractivity contribution in [2.24, 2.45) is 0 Å². The molecule has 0 saturated carbocycles. The smallest absolute Gasteiger partial charge is 0.324 e. The maximum absolute atomic E-state index is 12.5. The summed E-state index contributed by atoms with van der Waals surface area (Å²) in [5.41, 5.74) is 1.30. The molecule has 0 fully saturated rings. The molecule has 0 atom stereocenters. The summed E-state index contributed by atoms with van der Waals surface area (Å²) in [6.45, 7) is 0. The topological polar surface area (TPSA) is 85.4 Å². The van der Waals surface area contributed by atoms with Crippen molar-refractivity contribution in [1.29, 1.82) is 0 Å². The lowest BCUT2D eigenvalue weighted by Gasteiger charge is -2.13. The van der Waals surface area contributed by atoms with E-state index in [-0.39, 0.29) is 0 Å². The zero-order valence-electron chi connectivity index (χ0n) is 15.9. The highest BCUT2D eigenvalue weighted by Crippen LogP contribution is 2.33. The largest absolute Gasteiger partial charge is 0.497 e. The third kappa shape index (κ3) is 4.49. The molecule has 0 spiro atoms. The van der Waals surface area contributed by atoms with Crippen molar-refractivity contribution >= 4 is 44.4 Å². The molecule has 0 bridgehead atoms. The van der Waals surface area contributed by atoms with Crippen LogP contribution in [-0.2, 0) is 0 Å². The Hall–Kier alpha value is -3.65. The summed E-state index contributed by atoms with van der Waals surface area (Å²) in [7, 11) is 1.61. The quantitative estimate of drug-likeness (QED) is 0.387. The number of nitrogens with one attached hydrogen (secondary N) is 2. The number of halogens is 1. The van der Waals surface area contributed by atoms with Gasteiger partial charge in [0.15, 0.2) is 0 Å². The molecule has 0 radical (unpaired) electrons. The maximum Gasteiger partial charge on any atom is 0.324 e. The first kappa shape index (κ1) is 19.7. The van der Waals surface area contributed by atoms with Gasteiger partial charge in [-0.3, -0.25) is 5.32 Å². The highest BCUT2D eigenvalue weighted by atomic mass is 79.9. The molecule has 150 valence electrons. The maximum atomic E-state index is 12.5. The van der Waals surface area contributed by atoms with Gasteiger partial charge < -0.3 is 14.8 Å². The molecule has 3 aromatic carbocycles. The van der Waals surface area contributed by atoms with Crippen LogP contribution in [0.15, 0.2) is 77.5 Å². The molecule has 0 aliphatic rings. The molecule has 1 aromatic heterocycles. The van der Waals surface area contributed by atoms with Crippen molar-refractivity contribution < 1.29 is 14.3 Å². The molecule has 4 aromatic rings. The van der Waals surface area contributed by atoms with Gasteiger partial charge >= 0.3 is 6.03 Å². The average molecular weight is 465 g/mol. The molecule has 0 aliphatic heterocycles. The summed E-state index contributed by atoms with van der Waals surface area (Å²) in [5.74, 6) is 2.22. The molecule has 0 aliphatic carbocycles. The van der Waals surface area contributed by atoms with Crippen LogP contribution in [0.4, 0.5) is 16.3 Å². The van der Waals surface area contributed by atoms with Gasteiger partial charge in [-0.25, -0.2) is 14.8 Å². The molecule has 8 heteroatoms. The minimum Gasteiger partial charge on any atom is -0.497 e. The minimum absolute atomic E-state index is 0.344. The second-order valence-corrected chi connectivity index (χ2v) is 7.16. The molecular weight excluding hydrogens is 448 g/mol. The summed E-state index contributed by atoms with van der Waals surface area (Å²) >= 11 is 3.38. The molecule has 2 N–H and O–H groups in total. The Labute approximate surface area is 181 Å². The van der Waals surface area contributed by atoms with Gasteiger partial charge in [0, 0.05) is 10.2 Å². The SMILES string of the molecule is COc1ccc(Oc2cccc3ncnc(NC(=O)Nc4cccc(Br)c4)c23)cc1. The van der Waals surface area contributed by atoms with Crippen LogP contribution in [0, 0.1) is 0 Å². The van der Waals surface area contributed by atoms with E-state index in [1.165, 1.54) is 6.33 Å². The third-order valence-electron chi connectivity index (χ3n) is 4.23.